The van der Waals surface area contributed by atoms with Crippen LogP contribution in [-0.2, 0) is 4.79 Å². The first-order chi connectivity index (χ1) is 9.15. The summed E-state index contributed by atoms with van der Waals surface area (Å²) in [6.07, 6.45) is 6.73. The van der Waals surface area contributed by atoms with Crippen molar-refractivity contribution in [3.05, 3.63) is 59.7 Å². The van der Waals surface area contributed by atoms with Crippen LogP contribution < -0.4 is 5.32 Å². The Labute approximate surface area is 112 Å². The zero-order valence-electron chi connectivity index (χ0n) is 11.1. The number of nitrogens with one attached hydrogen (secondary N) is 2. The second-order valence-electron chi connectivity index (χ2n) is 4.45. The maximum Gasteiger partial charge on any atom is 0.244 e. The Hall–Kier alpha value is -2.36. The minimum atomic E-state index is -0.135. The summed E-state index contributed by atoms with van der Waals surface area (Å²) in [7, 11) is 0. The smallest absolute Gasteiger partial charge is 0.244 e. The largest absolute Gasteiger partial charge is 0.347 e. The van der Waals surface area contributed by atoms with E-state index in [0.717, 1.165) is 11.4 Å². The highest BCUT2D eigenvalue weighted by Crippen LogP contribution is 2.07. The van der Waals surface area contributed by atoms with Gasteiger partial charge in [-0.15, -0.1) is 0 Å². The minimum Gasteiger partial charge on any atom is -0.347 e. The van der Waals surface area contributed by atoms with E-state index in [4.69, 9.17) is 0 Å². The fourth-order valence-electron chi connectivity index (χ4n) is 1.69. The van der Waals surface area contributed by atoms with Gasteiger partial charge in [-0.25, -0.2) is 4.98 Å². The van der Waals surface area contributed by atoms with Gasteiger partial charge in [-0.2, -0.15) is 0 Å². The molecule has 4 nitrogen and oxygen atoms in total. The fourth-order valence-corrected chi connectivity index (χ4v) is 1.69. The summed E-state index contributed by atoms with van der Waals surface area (Å²) in [5, 5.41) is 2.84. The second-order valence-corrected chi connectivity index (χ2v) is 4.45. The number of rotatable bonds is 4. The lowest BCUT2D eigenvalue weighted by Crippen LogP contribution is -2.25. The first-order valence-corrected chi connectivity index (χ1v) is 6.19. The number of aryl methyl sites for hydroxylation is 1. The van der Waals surface area contributed by atoms with E-state index in [9.17, 15) is 4.79 Å². The Morgan fingerprint density at radius 2 is 2.11 bits per heavy atom. The van der Waals surface area contributed by atoms with E-state index in [1.807, 2.05) is 38.1 Å². The average molecular weight is 255 g/mol. The number of carbonyl (C=O) groups excluding carboxylic acids is 1. The maximum atomic E-state index is 11.7. The topological polar surface area (TPSA) is 57.8 Å². The van der Waals surface area contributed by atoms with E-state index in [2.05, 4.69) is 15.3 Å². The van der Waals surface area contributed by atoms with Gasteiger partial charge in [0.15, 0.2) is 0 Å². The van der Waals surface area contributed by atoms with Gasteiger partial charge in [0.05, 0.1) is 6.04 Å². The van der Waals surface area contributed by atoms with Gasteiger partial charge in [-0.3, -0.25) is 4.79 Å². The number of nitrogens with zero attached hydrogens (tertiary/aromatic N) is 1. The van der Waals surface area contributed by atoms with E-state index >= 15 is 0 Å². The van der Waals surface area contributed by atoms with E-state index in [0.29, 0.717) is 0 Å². The zero-order chi connectivity index (χ0) is 13.7. The predicted molar refractivity (Wildman–Crippen MR) is 75.4 cm³/mol. The SMILES string of the molecule is Cc1ccc(/C=C/C(=O)NC(C)c2ncc[nH]2)cc1. The number of H-pyrrole nitrogens is 1. The molecule has 1 amide bonds. The molecule has 1 heterocycles. The van der Waals surface area contributed by atoms with Crippen molar-refractivity contribution in [3.8, 4) is 0 Å². The molecule has 1 aromatic carbocycles. The standard InChI is InChI=1S/C15H17N3O/c1-11-3-5-13(6-4-11)7-8-14(19)18-12(2)15-16-9-10-17-15/h3-10,12H,1-2H3,(H,16,17)(H,18,19)/b8-7+. The molecule has 2 N–H and O–H groups in total. The highest BCUT2D eigenvalue weighted by atomic mass is 16.1. The second kappa shape index (κ2) is 6.00. The lowest BCUT2D eigenvalue weighted by molar-refractivity contribution is -0.117. The number of imidazole rings is 1. The number of benzene rings is 1. The Bertz CT molecular complexity index is 556. The Morgan fingerprint density at radius 1 is 1.37 bits per heavy atom. The van der Waals surface area contributed by atoms with Crippen molar-refractivity contribution in [2.75, 3.05) is 0 Å². The molecule has 1 atom stereocenters. The average Bonchev–Trinajstić information content (AvgIpc) is 2.92. The Balaban J connectivity index is 1.92. The normalized spacial score (nSPS) is 12.5. The number of carbonyl (C=O) groups is 1. The summed E-state index contributed by atoms with van der Waals surface area (Å²) in [6, 6.07) is 7.86. The molecule has 0 aliphatic carbocycles. The molecule has 0 fully saturated rings. The fraction of sp³-hybridized carbons (Fsp3) is 0.200. The van der Waals surface area contributed by atoms with E-state index in [1.165, 1.54) is 11.6 Å². The van der Waals surface area contributed by atoms with Crippen LogP contribution in [0.2, 0.25) is 0 Å². The molecule has 1 unspecified atom stereocenters. The molecule has 0 saturated heterocycles. The van der Waals surface area contributed by atoms with Crippen molar-refractivity contribution < 1.29 is 4.79 Å². The molecule has 4 heteroatoms. The van der Waals surface area contributed by atoms with Crippen molar-refractivity contribution >= 4 is 12.0 Å². The molecule has 0 bridgehead atoms. The lowest BCUT2D eigenvalue weighted by Gasteiger charge is -2.09. The molecule has 0 saturated carbocycles. The summed E-state index contributed by atoms with van der Waals surface area (Å²) in [5.41, 5.74) is 2.21. The molecule has 0 radical (unpaired) electrons. The predicted octanol–water partition coefficient (Wildman–Crippen LogP) is 2.61. The van der Waals surface area contributed by atoms with Crippen molar-refractivity contribution in [1.29, 1.82) is 0 Å². The van der Waals surface area contributed by atoms with Crippen LogP contribution in [0.25, 0.3) is 6.08 Å². The van der Waals surface area contributed by atoms with Crippen LogP contribution in [0.1, 0.15) is 29.9 Å². The molecule has 2 rings (SSSR count). The van der Waals surface area contributed by atoms with Gasteiger partial charge in [0.25, 0.3) is 0 Å². The minimum absolute atomic E-state index is 0.134. The molecule has 0 aliphatic rings. The van der Waals surface area contributed by atoms with Gasteiger partial charge < -0.3 is 10.3 Å². The third-order valence-corrected chi connectivity index (χ3v) is 2.79. The number of hydrogen-bond donors (Lipinski definition) is 2. The molecule has 19 heavy (non-hydrogen) atoms. The third kappa shape index (κ3) is 3.81. The van der Waals surface area contributed by atoms with Crippen LogP contribution in [0.15, 0.2) is 42.7 Å². The summed E-state index contributed by atoms with van der Waals surface area (Å²) >= 11 is 0. The summed E-state index contributed by atoms with van der Waals surface area (Å²) in [4.78, 5) is 18.8. The Morgan fingerprint density at radius 3 is 2.74 bits per heavy atom. The van der Waals surface area contributed by atoms with Crippen molar-refractivity contribution in [3.63, 3.8) is 0 Å². The molecule has 1 aromatic heterocycles. The van der Waals surface area contributed by atoms with Crippen molar-refractivity contribution in [2.24, 2.45) is 0 Å². The number of amides is 1. The van der Waals surface area contributed by atoms with Crippen LogP contribution in [0.3, 0.4) is 0 Å². The number of hydrogen-bond acceptors (Lipinski definition) is 2. The summed E-state index contributed by atoms with van der Waals surface area (Å²) in [6.45, 7) is 3.92. The van der Waals surface area contributed by atoms with Crippen LogP contribution in [-0.4, -0.2) is 15.9 Å². The number of aromatic amines is 1. The Kier molecular flexibility index (Phi) is 4.13. The molecule has 0 spiro atoms. The van der Waals surface area contributed by atoms with Gasteiger partial charge in [-0.1, -0.05) is 29.8 Å². The molecular weight excluding hydrogens is 238 g/mol. The van der Waals surface area contributed by atoms with Crippen LogP contribution >= 0.6 is 0 Å². The number of aromatic nitrogens is 2. The van der Waals surface area contributed by atoms with Gasteiger partial charge in [-0.05, 0) is 25.5 Å². The summed E-state index contributed by atoms with van der Waals surface area (Å²) < 4.78 is 0. The van der Waals surface area contributed by atoms with Gasteiger partial charge in [0.1, 0.15) is 5.82 Å². The first-order valence-electron chi connectivity index (χ1n) is 6.19. The highest BCUT2D eigenvalue weighted by molar-refractivity contribution is 5.91. The summed E-state index contributed by atoms with van der Waals surface area (Å²) in [5.74, 6) is 0.613. The van der Waals surface area contributed by atoms with Crippen LogP contribution in [0.5, 0.6) is 0 Å². The maximum absolute atomic E-state index is 11.7. The molecule has 98 valence electrons. The highest BCUT2D eigenvalue weighted by Gasteiger charge is 2.08. The van der Waals surface area contributed by atoms with Crippen molar-refractivity contribution in [2.45, 2.75) is 19.9 Å². The van der Waals surface area contributed by atoms with E-state index in [-0.39, 0.29) is 11.9 Å². The van der Waals surface area contributed by atoms with Crippen LogP contribution in [0, 0.1) is 6.92 Å². The lowest BCUT2D eigenvalue weighted by atomic mass is 10.1. The first kappa shape index (κ1) is 13.1. The van der Waals surface area contributed by atoms with Crippen molar-refractivity contribution in [1.82, 2.24) is 15.3 Å². The van der Waals surface area contributed by atoms with E-state index < -0.39 is 0 Å². The molecule has 0 aliphatic heterocycles. The molecular formula is C15H17N3O. The van der Waals surface area contributed by atoms with E-state index in [1.54, 1.807) is 18.5 Å². The van der Waals surface area contributed by atoms with Gasteiger partial charge >= 0.3 is 0 Å². The monoisotopic (exact) mass is 255 g/mol. The quantitative estimate of drug-likeness (QED) is 0.825. The third-order valence-electron chi connectivity index (χ3n) is 2.79. The zero-order valence-corrected chi connectivity index (χ0v) is 11.1. The van der Waals surface area contributed by atoms with Gasteiger partial charge in [0, 0.05) is 18.5 Å². The van der Waals surface area contributed by atoms with Gasteiger partial charge in [0.2, 0.25) is 5.91 Å². The van der Waals surface area contributed by atoms with Crippen LogP contribution in [0.4, 0.5) is 0 Å². The molecule has 2 aromatic rings.